The molecule has 0 saturated heterocycles. The Morgan fingerprint density at radius 3 is 2.54 bits per heavy atom. The van der Waals surface area contributed by atoms with Crippen molar-refractivity contribution in [1.29, 1.82) is 0 Å². The van der Waals surface area contributed by atoms with Crippen LogP contribution in [-0.2, 0) is 22.1 Å². The molecule has 0 aliphatic carbocycles. The Balaban J connectivity index is 2.00. The maximum Gasteiger partial charge on any atom is 0.186 e. The molecular weight excluding hydrogens is 386 g/mol. The third kappa shape index (κ3) is 4.27. The number of thiophene rings is 1. The quantitative estimate of drug-likeness (QED) is 0.636. The lowest BCUT2D eigenvalue weighted by Gasteiger charge is -2.24. The Kier molecular flexibility index (Phi) is 5.65. The van der Waals surface area contributed by atoms with Gasteiger partial charge in [-0.2, -0.15) is 0 Å². The molecule has 0 aliphatic heterocycles. The summed E-state index contributed by atoms with van der Waals surface area (Å²) in [7, 11) is -3.59. The van der Waals surface area contributed by atoms with E-state index in [0.717, 1.165) is 10.4 Å². The van der Waals surface area contributed by atoms with Gasteiger partial charge in [0.05, 0.1) is 12.3 Å². The first kappa shape index (κ1) is 18.5. The highest BCUT2D eigenvalue weighted by molar-refractivity contribution is 7.91. The summed E-state index contributed by atoms with van der Waals surface area (Å²) in [5, 5.41) is 1.92. The van der Waals surface area contributed by atoms with Crippen molar-refractivity contribution in [3.05, 3.63) is 76.6 Å². The number of sulfone groups is 1. The SMILES string of the molecule is NC(=S)N(Cc1ccccc1)c1ncccc1S(=O)(=O)Cc1cccs1. The average molecular weight is 404 g/mol. The van der Waals surface area contributed by atoms with Crippen LogP contribution in [0.5, 0.6) is 0 Å². The number of pyridine rings is 1. The monoisotopic (exact) mass is 403 g/mol. The van der Waals surface area contributed by atoms with Crippen molar-refractivity contribution >= 4 is 44.3 Å². The topological polar surface area (TPSA) is 76.3 Å². The van der Waals surface area contributed by atoms with Crippen LogP contribution in [0.3, 0.4) is 0 Å². The van der Waals surface area contributed by atoms with Crippen molar-refractivity contribution in [2.75, 3.05) is 4.90 Å². The number of nitrogens with zero attached hydrogens (tertiary/aromatic N) is 2. The maximum atomic E-state index is 13.0. The molecule has 134 valence electrons. The van der Waals surface area contributed by atoms with Gasteiger partial charge in [0, 0.05) is 11.1 Å². The minimum absolute atomic E-state index is 0.0696. The first-order valence-electron chi connectivity index (χ1n) is 7.78. The van der Waals surface area contributed by atoms with Gasteiger partial charge in [-0.1, -0.05) is 36.4 Å². The molecule has 0 radical (unpaired) electrons. The molecule has 2 N–H and O–H groups in total. The lowest BCUT2D eigenvalue weighted by atomic mass is 10.2. The van der Waals surface area contributed by atoms with Crippen molar-refractivity contribution in [2.45, 2.75) is 17.2 Å². The predicted molar refractivity (Wildman–Crippen MR) is 109 cm³/mol. The van der Waals surface area contributed by atoms with Crippen LogP contribution >= 0.6 is 23.6 Å². The Morgan fingerprint density at radius 2 is 1.88 bits per heavy atom. The second kappa shape index (κ2) is 7.94. The average Bonchev–Trinajstić information content (AvgIpc) is 3.12. The van der Waals surface area contributed by atoms with Gasteiger partial charge in [-0.3, -0.25) is 4.90 Å². The summed E-state index contributed by atoms with van der Waals surface area (Å²) in [5.41, 5.74) is 6.84. The number of thiocarbonyl (C=S) groups is 1. The number of anilines is 1. The largest absolute Gasteiger partial charge is 0.376 e. The van der Waals surface area contributed by atoms with Crippen LogP contribution in [0.1, 0.15) is 10.4 Å². The second-order valence-corrected chi connectivity index (χ2v) is 8.98. The Bertz CT molecular complexity index is 988. The van der Waals surface area contributed by atoms with Gasteiger partial charge in [-0.15, -0.1) is 11.3 Å². The number of hydrogen-bond donors (Lipinski definition) is 1. The highest BCUT2D eigenvalue weighted by atomic mass is 32.2. The molecule has 1 aromatic carbocycles. The first-order chi connectivity index (χ1) is 12.5. The molecular formula is C18H17N3O2S3. The van der Waals surface area contributed by atoms with E-state index in [2.05, 4.69) is 4.98 Å². The maximum absolute atomic E-state index is 13.0. The van der Waals surface area contributed by atoms with E-state index in [1.54, 1.807) is 23.1 Å². The normalized spacial score (nSPS) is 11.2. The second-order valence-electron chi connectivity index (χ2n) is 5.57. The van der Waals surface area contributed by atoms with E-state index in [1.165, 1.54) is 17.5 Å². The standard InChI is InChI=1S/C18H17N3O2S3/c19-18(24)21(12-14-6-2-1-3-7-14)17-16(9-4-10-20-17)26(22,23)13-15-8-5-11-25-15/h1-11H,12-13H2,(H2,19,24). The van der Waals surface area contributed by atoms with Crippen molar-refractivity contribution < 1.29 is 8.42 Å². The number of benzene rings is 1. The molecule has 0 bridgehead atoms. The zero-order chi connectivity index (χ0) is 18.6. The summed E-state index contributed by atoms with van der Waals surface area (Å²) < 4.78 is 25.9. The molecule has 3 aromatic rings. The summed E-state index contributed by atoms with van der Waals surface area (Å²) in [6, 6.07) is 16.3. The molecule has 0 saturated carbocycles. The van der Waals surface area contributed by atoms with Gasteiger partial charge in [-0.25, -0.2) is 13.4 Å². The van der Waals surface area contributed by atoms with Crippen molar-refractivity contribution in [3.8, 4) is 0 Å². The van der Waals surface area contributed by atoms with E-state index in [4.69, 9.17) is 18.0 Å². The highest BCUT2D eigenvalue weighted by Gasteiger charge is 2.25. The van der Waals surface area contributed by atoms with Crippen LogP contribution in [0.4, 0.5) is 5.82 Å². The van der Waals surface area contributed by atoms with Crippen LogP contribution in [0, 0.1) is 0 Å². The molecule has 0 unspecified atom stereocenters. The van der Waals surface area contributed by atoms with Gasteiger partial charge >= 0.3 is 0 Å². The fraction of sp³-hybridized carbons (Fsp3) is 0.111. The minimum atomic E-state index is -3.59. The Morgan fingerprint density at radius 1 is 1.12 bits per heavy atom. The zero-order valence-corrected chi connectivity index (χ0v) is 16.2. The van der Waals surface area contributed by atoms with Gasteiger partial charge in [-0.05, 0) is 41.4 Å². The molecule has 2 heterocycles. The van der Waals surface area contributed by atoms with Crippen LogP contribution in [0.2, 0.25) is 0 Å². The van der Waals surface area contributed by atoms with Gasteiger partial charge in [0.2, 0.25) is 0 Å². The van der Waals surface area contributed by atoms with Crippen LogP contribution in [-0.4, -0.2) is 18.5 Å². The summed E-state index contributed by atoms with van der Waals surface area (Å²) in [5.74, 6) is 0.167. The predicted octanol–water partition coefficient (Wildman–Crippen LogP) is 3.37. The number of hydrogen-bond acceptors (Lipinski definition) is 5. The van der Waals surface area contributed by atoms with E-state index < -0.39 is 9.84 Å². The van der Waals surface area contributed by atoms with Crippen molar-refractivity contribution in [3.63, 3.8) is 0 Å². The molecule has 26 heavy (non-hydrogen) atoms. The van der Waals surface area contributed by atoms with Gasteiger partial charge < -0.3 is 5.73 Å². The third-order valence-corrected chi connectivity index (χ3v) is 6.66. The molecule has 0 atom stereocenters. The summed E-state index contributed by atoms with van der Waals surface area (Å²) >= 11 is 6.57. The minimum Gasteiger partial charge on any atom is -0.376 e. The van der Waals surface area contributed by atoms with E-state index in [-0.39, 0.29) is 21.6 Å². The summed E-state index contributed by atoms with van der Waals surface area (Å²) in [4.78, 5) is 6.71. The Hall–Kier alpha value is -2.29. The molecule has 0 fully saturated rings. The summed E-state index contributed by atoms with van der Waals surface area (Å²) in [6.45, 7) is 0.342. The molecule has 3 rings (SSSR count). The van der Waals surface area contributed by atoms with Crippen molar-refractivity contribution in [2.24, 2.45) is 5.73 Å². The van der Waals surface area contributed by atoms with E-state index >= 15 is 0 Å². The first-order valence-corrected chi connectivity index (χ1v) is 10.7. The molecule has 2 aromatic heterocycles. The highest BCUT2D eigenvalue weighted by Crippen LogP contribution is 2.28. The summed E-state index contributed by atoms with van der Waals surface area (Å²) in [6.07, 6.45) is 1.54. The lowest BCUT2D eigenvalue weighted by molar-refractivity contribution is 0.595. The number of aromatic nitrogens is 1. The Labute approximate surface area is 162 Å². The fourth-order valence-electron chi connectivity index (χ4n) is 2.51. The van der Waals surface area contributed by atoms with Crippen molar-refractivity contribution in [1.82, 2.24) is 4.98 Å². The van der Waals surface area contributed by atoms with Crippen LogP contribution < -0.4 is 10.6 Å². The van der Waals surface area contributed by atoms with Gasteiger partial charge in [0.15, 0.2) is 20.8 Å². The van der Waals surface area contributed by atoms with Crippen LogP contribution in [0.25, 0.3) is 0 Å². The molecule has 5 nitrogen and oxygen atoms in total. The van der Waals surface area contributed by atoms with Gasteiger partial charge in [0.1, 0.15) is 4.90 Å². The molecule has 0 spiro atoms. The van der Waals surface area contributed by atoms with E-state index in [1.807, 2.05) is 41.8 Å². The number of rotatable bonds is 6. The molecule has 8 heteroatoms. The van der Waals surface area contributed by atoms with Gasteiger partial charge in [0.25, 0.3) is 0 Å². The fourth-order valence-corrected chi connectivity index (χ4v) is 5.24. The molecule has 0 amide bonds. The van der Waals surface area contributed by atoms with E-state index in [9.17, 15) is 8.42 Å². The van der Waals surface area contributed by atoms with Crippen LogP contribution in [0.15, 0.2) is 71.1 Å². The third-order valence-electron chi connectivity index (χ3n) is 3.70. The smallest absolute Gasteiger partial charge is 0.186 e. The van der Waals surface area contributed by atoms with E-state index in [0.29, 0.717) is 6.54 Å². The lowest BCUT2D eigenvalue weighted by Crippen LogP contribution is -2.36. The molecule has 0 aliphatic rings. The zero-order valence-electron chi connectivity index (χ0n) is 13.8. The number of nitrogens with two attached hydrogens (primary N) is 1.